The van der Waals surface area contributed by atoms with E-state index in [4.69, 9.17) is 32.5 Å². The van der Waals surface area contributed by atoms with Crippen LogP contribution >= 0.6 is 23.2 Å². The van der Waals surface area contributed by atoms with Crippen molar-refractivity contribution in [3.8, 4) is 11.4 Å². The summed E-state index contributed by atoms with van der Waals surface area (Å²) in [5, 5.41) is 14.9. The second-order valence-corrected chi connectivity index (χ2v) is 5.86. The van der Waals surface area contributed by atoms with Gasteiger partial charge in [0.15, 0.2) is 6.61 Å². The van der Waals surface area contributed by atoms with Gasteiger partial charge in [-0.2, -0.15) is 4.98 Å². The first kappa shape index (κ1) is 17.8. The van der Waals surface area contributed by atoms with Crippen LogP contribution in [-0.4, -0.2) is 21.0 Å². The van der Waals surface area contributed by atoms with Crippen LogP contribution in [0.3, 0.4) is 0 Å². The lowest BCUT2D eigenvalue weighted by molar-refractivity contribution is -0.384. The number of carbonyl (C=O) groups excluding carboxylic acids is 1. The van der Waals surface area contributed by atoms with Crippen molar-refractivity contribution in [2.45, 2.75) is 6.61 Å². The molecule has 1 heterocycles. The Balaban J connectivity index is 1.68. The van der Waals surface area contributed by atoms with Crippen LogP contribution in [0.15, 0.2) is 47.0 Å². The van der Waals surface area contributed by atoms with Crippen LogP contribution in [-0.2, 0) is 11.3 Å². The lowest BCUT2D eigenvalue weighted by Crippen LogP contribution is -2.06. The molecule has 0 radical (unpaired) electrons. The summed E-state index contributed by atoms with van der Waals surface area (Å²) in [6.45, 7) is -0.278. The van der Waals surface area contributed by atoms with E-state index in [0.29, 0.717) is 16.4 Å². The number of nitro benzene ring substituents is 1. The van der Waals surface area contributed by atoms with Gasteiger partial charge in [-0.1, -0.05) is 40.5 Å². The van der Waals surface area contributed by atoms with Crippen molar-refractivity contribution < 1.29 is 19.0 Å². The first-order chi connectivity index (χ1) is 12.4. The maximum absolute atomic E-state index is 12.1. The first-order valence-electron chi connectivity index (χ1n) is 7.13. The molecule has 0 amide bonds. The van der Waals surface area contributed by atoms with E-state index in [9.17, 15) is 14.9 Å². The third-order valence-electron chi connectivity index (χ3n) is 3.26. The van der Waals surface area contributed by atoms with Crippen LogP contribution in [0.5, 0.6) is 0 Å². The Morgan fingerprint density at radius 1 is 1.23 bits per heavy atom. The molecule has 0 atom stereocenters. The number of aromatic nitrogens is 2. The minimum absolute atomic E-state index is 0.00755. The minimum Gasteiger partial charge on any atom is -0.452 e. The number of hydrogen-bond donors (Lipinski definition) is 0. The SMILES string of the molecule is O=C(OCc1nc(-c2cccc(Cl)c2)no1)c1ccc([N+](=O)[O-])cc1Cl. The number of carbonyl (C=O) groups is 1. The van der Waals surface area contributed by atoms with Crippen molar-refractivity contribution in [2.75, 3.05) is 0 Å². The molecule has 0 bridgehead atoms. The van der Waals surface area contributed by atoms with E-state index < -0.39 is 10.9 Å². The highest BCUT2D eigenvalue weighted by atomic mass is 35.5. The molecule has 0 spiro atoms. The predicted octanol–water partition coefficient (Wildman–Crippen LogP) is 4.31. The molecule has 0 aliphatic rings. The van der Waals surface area contributed by atoms with Gasteiger partial charge in [-0.05, 0) is 18.2 Å². The monoisotopic (exact) mass is 393 g/mol. The second-order valence-electron chi connectivity index (χ2n) is 5.02. The van der Waals surface area contributed by atoms with Crippen LogP contribution in [0, 0.1) is 10.1 Å². The standard InChI is InChI=1S/C16H9Cl2N3O5/c17-10-3-1-2-9(6-10)15-19-14(26-20-15)8-25-16(22)12-5-4-11(21(23)24)7-13(12)18/h1-7H,8H2. The van der Waals surface area contributed by atoms with Gasteiger partial charge in [0, 0.05) is 22.7 Å². The maximum Gasteiger partial charge on any atom is 0.340 e. The topological polar surface area (TPSA) is 108 Å². The summed E-state index contributed by atoms with van der Waals surface area (Å²) < 4.78 is 10.1. The summed E-state index contributed by atoms with van der Waals surface area (Å²) >= 11 is 11.8. The number of nitro groups is 1. The van der Waals surface area contributed by atoms with E-state index in [-0.39, 0.29) is 28.8 Å². The highest BCUT2D eigenvalue weighted by Gasteiger charge is 2.17. The summed E-state index contributed by atoms with van der Waals surface area (Å²) in [7, 11) is 0. The van der Waals surface area contributed by atoms with Gasteiger partial charge in [0.2, 0.25) is 5.82 Å². The molecule has 3 rings (SSSR count). The number of hydrogen-bond acceptors (Lipinski definition) is 7. The number of benzene rings is 2. The number of halogens is 2. The Bertz CT molecular complexity index is 990. The largest absolute Gasteiger partial charge is 0.452 e. The third-order valence-corrected chi connectivity index (χ3v) is 3.81. The Kier molecular flexibility index (Phi) is 5.15. The average molecular weight is 394 g/mol. The molecule has 3 aromatic rings. The molecule has 10 heteroatoms. The van der Waals surface area contributed by atoms with E-state index in [2.05, 4.69) is 10.1 Å². The van der Waals surface area contributed by atoms with Crippen LogP contribution < -0.4 is 0 Å². The third kappa shape index (κ3) is 3.98. The summed E-state index contributed by atoms with van der Waals surface area (Å²) in [6, 6.07) is 10.3. The Labute approximate surface area is 156 Å². The van der Waals surface area contributed by atoms with Gasteiger partial charge in [-0.3, -0.25) is 10.1 Å². The highest BCUT2D eigenvalue weighted by Crippen LogP contribution is 2.24. The van der Waals surface area contributed by atoms with Gasteiger partial charge in [0.05, 0.1) is 15.5 Å². The normalized spacial score (nSPS) is 10.5. The van der Waals surface area contributed by atoms with Crippen LogP contribution in [0.1, 0.15) is 16.2 Å². The average Bonchev–Trinajstić information content (AvgIpc) is 3.08. The maximum atomic E-state index is 12.1. The minimum atomic E-state index is -0.771. The van der Waals surface area contributed by atoms with Gasteiger partial charge in [0.25, 0.3) is 11.6 Å². The lowest BCUT2D eigenvalue weighted by atomic mass is 10.2. The van der Waals surface area contributed by atoms with E-state index in [0.717, 1.165) is 12.1 Å². The summed E-state index contributed by atoms with van der Waals surface area (Å²) in [4.78, 5) is 26.2. The number of esters is 1. The molecule has 8 nitrogen and oxygen atoms in total. The van der Waals surface area contributed by atoms with Gasteiger partial charge in [-0.15, -0.1) is 0 Å². The van der Waals surface area contributed by atoms with Gasteiger partial charge in [0.1, 0.15) is 0 Å². The Morgan fingerprint density at radius 3 is 2.73 bits per heavy atom. The molecule has 0 N–H and O–H groups in total. The van der Waals surface area contributed by atoms with Crippen molar-refractivity contribution in [1.82, 2.24) is 10.1 Å². The quantitative estimate of drug-likeness (QED) is 0.360. The fourth-order valence-corrected chi connectivity index (χ4v) is 2.49. The smallest absolute Gasteiger partial charge is 0.340 e. The van der Waals surface area contributed by atoms with Crippen molar-refractivity contribution >= 4 is 34.9 Å². The molecule has 2 aromatic carbocycles. The first-order valence-corrected chi connectivity index (χ1v) is 7.89. The molecule has 0 unspecified atom stereocenters. The summed E-state index contributed by atoms with van der Waals surface area (Å²) in [6.07, 6.45) is 0. The number of nitrogens with zero attached hydrogens (tertiary/aromatic N) is 3. The van der Waals surface area contributed by atoms with Crippen molar-refractivity contribution in [3.63, 3.8) is 0 Å². The van der Waals surface area contributed by atoms with Gasteiger partial charge < -0.3 is 9.26 Å². The molecule has 1 aromatic heterocycles. The van der Waals surface area contributed by atoms with E-state index in [1.165, 1.54) is 6.07 Å². The summed E-state index contributed by atoms with van der Waals surface area (Å²) in [5.74, 6) is -0.398. The van der Waals surface area contributed by atoms with Crippen LogP contribution in [0.2, 0.25) is 10.0 Å². The molecular weight excluding hydrogens is 385 g/mol. The Morgan fingerprint density at radius 2 is 2.04 bits per heavy atom. The fourth-order valence-electron chi connectivity index (χ4n) is 2.05. The number of non-ortho nitro benzene ring substituents is 1. The zero-order valence-electron chi connectivity index (χ0n) is 12.9. The van der Waals surface area contributed by atoms with Gasteiger partial charge in [-0.25, -0.2) is 4.79 Å². The molecule has 26 heavy (non-hydrogen) atoms. The molecule has 0 aliphatic carbocycles. The van der Waals surface area contributed by atoms with Gasteiger partial charge >= 0.3 is 5.97 Å². The highest BCUT2D eigenvalue weighted by molar-refractivity contribution is 6.33. The van der Waals surface area contributed by atoms with Crippen molar-refractivity contribution in [2.24, 2.45) is 0 Å². The predicted molar refractivity (Wildman–Crippen MR) is 92.0 cm³/mol. The molecule has 132 valence electrons. The van der Waals surface area contributed by atoms with E-state index in [1.807, 2.05) is 0 Å². The molecule has 0 saturated heterocycles. The zero-order chi connectivity index (χ0) is 18.7. The molecule has 0 fully saturated rings. The van der Waals surface area contributed by atoms with E-state index in [1.54, 1.807) is 24.3 Å². The fraction of sp³-hybridized carbons (Fsp3) is 0.0625. The molecular formula is C16H9Cl2N3O5. The van der Waals surface area contributed by atoms with Crippen LogP contribution in [0.4, 0.5) is 5.69 Å². The second kappa shape index (κ2) is 7.51. The van der Waals surface area contributed by atoms with Crippen molar-refractivity contribution in [3.05, 3.63) is 74.1 Å². The molecule has 0 aliphatic heterocycles. The molecule has 0 saturated carbocycles. The van der Waals surface area contributed by atoms with Crippen molar-refractivity contribution in [1.29, 1.82) is 0 Å². The zero-order valence-corrected chi connectivity index (χ0v) is 14.4. The Hall–Kier alpha value is -2.97. The number of rotatable bonds is 5. The summed E-state index contributed by atoms with van der Waals surface area (Å²) in [5.41, 5.74) is 0.415. The van der Waals surface area contributed by atoms with E-state index >= 15 is 0 Å². The van der Waals surface area contributed by atoms with Crippen LogP contribution in [0.25, 0.3) is 11.4 Å². The number of ether oxygens (including phenoxy) is 1. The lowest BCUT2D eigenvalue weighted by Gasteiger charge is -2.03.